The van der Waals surface area contributed by atoms with Crippen LogP contribution in [0.3, 0.4) is 0 Å². The predicted octanol–water partition coefficient (Wildman–Crippen LogP) is 3.77. The molecule has 1 saturated carbocycles. The van der Waals surface area contributed by atoms with Crippen LogP contribution in [0.1, 0.15) is 57.8 Å². The molecule has 4 nitrogen and oxygen atoms in total. The molecule has 1 heterocycles. The molecule has 0 radical (unpaired) electrons. The standard InChI is InChI=1S/C16H28N4/c1-5-13-19-14(17-7-3)12(4)15(20-13)18-11-16(6-2)9-8-10-16/h5-11H2,1-4H3,(H2,17,18,19,20). The smallest absolute Gasteiger partial charge is 0.134 e. The van der Waals surface area contributed by atoms with Crippen LogP contribution in [-0.2, 0) is 6.42 Å². The molecular weight excluding hydrogens is 248 g/mol. The highest BCUT2D eigenvalue weighted by Gasteiger charge is 2.34. The summed E-state index contributed by atoms with van der Waals surface area (Å²) in [6, 6.07) is 0. The van der Waals surface area contributed by atoms with Gasteiger partial charge in [-0.2, -0.15) is 0 Å². The molecule has 0 aliphatic heterocycles. The van der Waals surface area contributed by atoms with Crippen LogP contribution in [0.2, 0.25) is 0 Å². The highest BCUT2D eigenvalue weighted by atomic mass is 15.1. The molecule has 1 fully saturated rings. The Labute approximate surface area is 122 Å². The number of aryl methyl sites for hydroxylation is 1. The highest BCUT2D eigenvalue weighted by molar-refractivity contribution is 5.57. The van der Waals surface area contributed by atoms with Gasteiger partial charge in [-0.25, -0.2) is 9.97 Å². The van der Waals surface area contributed by atoms with Gasteiger partial charge in [-0.3, -0.25) is 0 Å². The summed E-state index contributed by atoms with van der Waals surface area (Å²) in [5.41, 5.74) is 1.64. The summed E-state index contributed by atoms with van der Waals surface area (Å²) in [4.78, 5) is 9.24. The van der Waals surface area contributed by atoms with Gasteiger partial charge in [0.05, 0.1) is 0 Å². The molecule has 0 amide bonds. The lowest BCUT2D eigenvalue weighted by atomic mass is 9.67. The van der Waals surface area contributed by atoms with Crippen molar-refractivity contribution in [2.75, 3.05) is 23.7 Å². The second-order valence-electron chi connectivity index (χ2n) is 5.91. The van der Waals surface area contributed by atoms with Crippen molar-refractivity contribution in [2.24, 2.45) is 5.41 Å². The maximum absolute atomic E-state index is 4.67. The van der Waals surface area contributed by atoms with Gasteiger partial charge in [-0.05, 0) is 38.5 Å². The van der Waals surface area contributed by atoms with Gasteiger partial charge in [0.1, 0.15) is 17.5 Å². The summed E-state index contributed by atoms with van der Waals surface area (Å²) in [7, 11) is 0. The van der Waals surface area contributed by atoms with E-state index in [1.165, 1.54) is 25.7 Å². The van der Waals surface area contributed by atoms with E-state index in [2.05, 4.69) is 48.3 Å². The Hall–Kier alpha value is -1.32. The fourth-order valence-electron chi connectivity index (χ4n) is 2.84. The maximum atomic E-state index is 4.67. The number of anilines is 2. The van der Waals surface area contributed by atoms with Crippen molar-refractivity contribution in [3.05, 3.63) is 11.4 Å². The second-order valence-corrected chi connectivity index (χ2v) is 5.91. The first-order chi connectivity index (χ1) is 9.64. The van der Waals surface area contributed by atoms with Crippen LogP contribution in [0.5, 0.6) is 0 Å². The van der Waals surface area contributed by atoms with Crippen molar-refractivity contribution in [1.82, 2.24) is 9.97 Å². The minimum Gasteiger partial charge on any atom is -0.370 e. The third-order valence-corrected chi connectivity index (χ3v) is 4.65. The molecule has 0 aromatic carbocycles. The number of hydrogen-bond donors (Lipinski definition) is 2. The molecule has 1 aliphatic carbocycles. The Balaban J connectivity index is 2.15. The predicted molar refractivity (Wildman–Crippen MR) is 85.4 cm³/mol. The normalized spacial score (nSPS) is 16.6. The molecule has 0 spiro atoms. The molecule has 2 rings (SSSR count). The molecule has 1 aromatic heterocycles. The van der Waals surface area contributed by atoms with E-state index in [0.29, 0.717) is 5.41 Å². The van der Waals surface area contributed by atoms with E-state index in [1.807, 2.05) is 0 Å². The fraction of sp³-hybridized carbons (Fsp3) is 0.750. The fourth-order valence-corrected chi connectivity index (χ4v) is 2.84. The van der Waals surface area contributed by atoms with Crippen molar-refractivity contribution < 1.29 is 0 Å². The second kappa shape index (κ2) is 6.42. The van der Waals surface area contributed by atoms with Crippen molar-refractivity contribution in [2.45, 2.75) is 59.8 Å². The first-order valence-corrected chi connectivity index (χ1v) is 7.99. The zero-order valence-corrected chi connectivity index (χ0v) is 13.3. The molecule has 20 heavy (non-hydrogen) atoms. The van der Waals surface area contributed by atoms with Gasteiger partial charge in [-0.15, -0.1) is 0 Å². The van der Waals surface area contributed by atoms with Gasteiger partial charge in [0.25, 0.3) is 0 Å². The summed E-state index contributed by atoms with van der Waals surface area (Å²) >= 11 is 0. The zero-order valence-electron chi connectivity index (χ0n) is 13.3. The number of aromatic nitrogens is 2. The molecule has 2 N–H and O–H groups in total. The largest absolute Gasteiger partial charge is 0.370 e. The van der Waals surface area contributed by atoms with Crippen LogP contribution < -0.4 is 10.6 Å². The SMILES string of the molecule is CCNc1nc(CC)nc(NCC2(CC)CCC2)c1C. The van der Waals surface area contributed by atoms with Crippen LogP contribution in [0, 0.1) is 12.3 Å². The first kappa shape index (κ1) is 15.1. The Kier molecular flexibility index (Phi) is 4.84. The minimum absolute atomic E-state index is 0.502. The molecular formula is C16H28N4. The number of rotatable bonds is 7. The zero-order chi connectivity index (χ0) is 14.6. The van der Waals surface area contributed by atoms with E-state index in [0.717, 1.165) is 42.5 Å². The van der Waals surface area contributed by atoms with Crippen LogP contribution in [0.4, 0.5) is 11.6 Å². The molecule has 1 aliphatic rings. The van der Waals surface area contributed by atoms with E-state index in [1.54, 1.807) is 0 Å². The summed E-state index contributed by atoms with van der Waals surface area (Å²) < 4.78 is 0. The molecule has 112 valence electrons. The van der Waals surface area contributed by atoms with Crippen molar-refractivity contribution in [1.29, 1.82) is 0 Å². The number of hydrogen-bond acceptors (Lipinski definition) is 4. The maximum Gasteiger partial charge on any atom is 0.134 e. The summed E-state index contributed by atoms with van der Waals surface area (Å²) in [6.07, 6.45) is 6.20. The Bertz CT molecular complexity index is 447. The van der Waals surface area contributed by atoms with Crippen LogP contribution in [-0.4, -0.2) is 23.1 Å². The lowest BCUT2D eigenvalue weighted by molar-refractivity contribution is 0.145. The van der Waals surface area contributed by atoms with Crippen molar-refractivity contribution in [3.63, 3.8) is 0 Å². The van der Waals surface area contributed by atoms with E-state index in [9.17, 15) is 0 Å². The summed E-state index contributed by atoms with van der Waals surface area (Å²) in [5.74, 6) is 2.89. The Morgan fingerprint density at radius 3 is 2.15 bits per heavy atom. The van der Waals surface area contributed by atoms with Gasteiger partial charge >= 0.3 is 0 Å². The lowest BCUT2D eigenvalue weighted by Crippen LogP contribution is -2.36. The van der Waals surface area contributed by atoms with E-state index in [4.69, 9.17) is 0 Å². The molecule has 4 heteroatoms. The van der Waals surface area contributed by atoms with Gasteiger partial charge in [0.15, 0.2) is 0 Å². The highest BCUT2D eigenvalue weighted by Crippen LogP contribution is 2.43. The average molecular weight is 276 g/mol. The monoisotopic (exact) mass is 276 g/mol. The van der Waals surface area contributed by atoms with Gasteiger partial charge in [-0.1, -0.05) is 20.3 Å². The number of nitrogens with zero attached hydrogens (tertiary/aromatic N) is 2. The molecule has 0 saturated heterocycles. The molecule has 0 bridgehead atoms. The van der Waals surface area contributed by atoms with Crippen LogP contribution >= 0.6 is 0 Å². The quantitative estimate of drug-likeness (QED) is 0.796. The van der Waals surface area contributed by atoms with Crippen LogP contribution in [0.25, 0.3) is 0 Å². The third-order valence-electron chi connectivity index (χ3n) is 4.65. The van der Waals surface area contributed by atoms with Gasteiger partial charge in [0.2, 0.25) is 0 Å². The molecule has 1 aromatic rings. The van der Waals surface area contributed by atoms with Gasteiger partial charge < -0.3 is 10.6 Å². The van der Waals surface area contributed by atoms with E-state index >= 15 is 0 Å². The third kappa shape index (κ3) is 3.05. The van der Waals surface area contributed by atoms with Crippen LogP contribution in [0.15, 0.2) is 0 Å². The van der Waals surface area contributed by atoms with Crippen molar-refractivity contribution in [3.8, 4) is 0 Å². The molecule has 0 unspecified atom stereocenters. The first-order valence-electron chi connectivity index (χ1n) is 7.99. The molecule has 0 atom stereocenters. The number of nitrogens with one attached hydrogen (secondary N) is 2. The topological polar surface area (TPSA) is 49.8 Å². The lowest BCUT2D eigenvalue weighted by Gasteiger charge is -2.41. The van der Waals surface area contributed by atoms with Crippen molar-refractivity contribution >= 4 is 11.6 Å². The Morgan fingerprint density at radius 1 is 1.05 bits per heavy atom. The summed E-state index contributed by atoms with van der Waals surface area (Å²) in [5, 5.41) is 6.93. The van der Waals surface area contributed by atoms with Gasteiger partial charge in [0, 0.05) is 25.1 Å². The minimum atomic E-state index is 0.502. The summed E-state index contributed by atoms with van der Waals surface area (Å²) in [6.45, 7) is 10.5. The Morgan fingerprint density at radius 2 is 1.70 bits per heavy atom. The average Bonchev–Trinajstić information content (AvgIpc) is 2.42. The van der Waals surface area contributed by atoms with E-state index < -0.39 is 0 Å². The van der Waals surface area contributed by atoms with E-state index in [-0.39, 0.29) is 0 Å².